The van der Waals surface area contributed by atoms with Gasteiger partial charge in [-0.1, -0.05) is 32.0 Å². The Bertz CT molecular complexity index is 574. The highest BCUT2D eigenvalue weighted by atomic mass is 127. The number of amides is 1. The largest absolute Gasteiger partial charge is 0.357 e. The lowest BCUT2D eigenvalue weighted by Gasteiger charge is -2.21. The van der Waals surface area contributed by atoms with Crippen LogP contribution < -0.4 is 15.5 Å². The zero-order valence-electron chi connectivity index (χ0n) is 15.0. The molecule has 0 saturated carbocycles. The Morgan fingerprint density at radius 3 is 2.67 bits per heavy atom. The highest BCUT2D eigenvalue weighted by molar-refractivity contribution is 14.0. The number of para-hydroxylation sites is 1. The Hall–Kier alpha value is -1.31. The minimum Gasteiger partial charge on any atom is -0.357 e. The molecule has 1 aromatic rings. The van der Waals surface area contributed by atoms with Crippen molar-refractivity contribution in [3.05, 3.63) is 29.8 Å². The molecule has 0 saturated heterocycles. The first-order chi connectivity index (χ1) is 11.0. The maximum absolute atomic E-state index is 12.5. The van der Waals surface area contributed by atoms with E-state index in [-0.39, 0.29) is 36.4 Å². The fourth-order valence-corrected chi connectivity index (χ4v) is 2.53. The molecule has 134 valence electrons. The Morgan fingerprint density at radius 2 is 2.00 bits per heavy atom. The number of benzene rings is 1. The normalized spacial score (nSPS) is 14.9. The van der Waals surface area contributed by atoms with Crippen molar-refractivity contribution in [3.63, 3.8) is 0 Å². The summed E-state index contributed by atoms with van der Waals surface area (Å²) >= 11 is 0. The summed E-state index contributed by atoms with van der Waals surface area (Å²) in [5, 5.41) is 6.55. The molecule has 1 atom stereocenters. The summed E-state index contributed by atoms with van der Waals surface area (Å²) in [6.45, 7) is 10.2. The maximum Gasteiger partial charge on any atom is 0.248 e. The predicted octanol–water partition coefficient (Wildman–Crippen LogP) is 2.79. The van der Waals surface area contributed by atoms with Crippen LogP contribution >= 0.6 is 24.0 Å². The van der Waals surface area contributed by atoms with Crippen LogP contribution in [0.2, 0.25) is 0 Å². The number of carbonyl (C=O) groups excluding carboxylic acids is 1. The van der Waals surface area contributed by atoms with E-state index in [1.165, 1.54) is 5.56 Å². The third-order valence-corrected chi connectivity index (χ3v) is 4.27. The molecule has 1 aromatic carbocycles. The van der Waals surface area contributed by atoms with Crippen LogP contribution in [0.3, 0.4) is 0 Å². The van der Waals surface area contributed by atoms with E-state index < -0.39 is 0 Å². The molecule has 0 aromatic heterocycles. The SMILES string of the molecule is CCNC(=NCC(=O)N1CCc2ccccc21)NC(C)C(C)C.I. The van der Waals surface area contributed by atoms with E-state index in [4.69, 9.17) is 0 Å². The summed E-state index contributed by atoms with van der Waals surface area (Å²) in [6, 6.07) is 8.39. The summed E-state index contributed by atoms with van der Waals surface area (Å²) in [5.41, 5.74) is 2.27. The number of nitrogens with one attached hydrogen (secondary N) is 2. The molecule has 0 bridgehead atoms. The van der Waals surface area contributed by atoms with Gasteiger partial charge in [0.05, 0.1) is 0 Å². The molecule has 1 aliphatic rings. The number of carbonyl (C=O) groups is 1. The second kappa shape index (κ2) is 9.86. The van der Waals surface area contributed by atoms with Crippen molar-refractivity contribution in [2.75, 3.05) is 24.5 Å². The lowest BCUT2D eigenvalue weighted by atomic mass is 10.1. The average Bonchev–Trinajstić information content (AvgIpc) is 2.96. The van der Waals surface area contributed by atoms with Crippen LogP contribution in [0, 0.1) is 5.92 Å². The first kappa shape index (κ1) is 20.7. The number of aliphatic imine (C=N–C) groups is 1. The van der Waals surface area contributed by atoms with Crippen molar-refractivity contribution in [2.24, 2.45) is 10.9 Å². The Labute approximate surface area is 162 Å². The van der Waals surface area contributed by atoms with Gasteiger partial charge in [0.25, 0.3) is 0 Å². The quantitative estimate of drug-likeness (QED) is 0.417. The van der Waals surface area contributed by atoms with E-state index in [0.717, 1.165) is 25.2 Å². The summed E-state index contributed by atoms with van der Waals surface area (Å²) in [7, 11) is 0. The predicted molar refractivity (Wildman–Crippen MR) is 111 cm³/mol. The zero-order valence-corrected chi connectivity index (χ0v) is 17.3. The van der Waals surface area contributed by atoms with Gasteiger partial charge >= 0.3 is 0 Å². The molecule has 1 heterocycles. The number of fused-ring (bicyclic) bond motifs is 1. The number of hydrogen-bond acceptors (Lipinski definition) is 2. The van der Waals surface area contributed by atoms with E-state index in [0.29, 0.717) is 17.9 Å². The minimum atomic E-state index is 0. The highest BCUT2D eigenvalue weighted by Crippen LogP contribution is 2.27. The van der Waals surface area contributed by atoms with Crippen LogP contribution in [0.4, 0.5) is 5.69 Å². The van der Waals surface area contributed by atoms with Crippen LogP contribution in [0.15, 0.2) is 29.3 Å². The summed E-state index contributed by atoms with van der Waals surface area (Å²) in [4.78, 5) is 18.8. The molecule has 1 aliphatic heterocycles. The topological polar surface area (TPSA) is 56.7 Å². The van der Waals surface area contributed by atoms with Gasteiger partial charge in [-0.2, -0.15) is 0 Å². The van der Waals surface area contributed by atoms with Gasteiger partial charge in [-0.05, 0) is 37.8 Å². The van der Waals surface area contributed by atoms with Crippen LogP contribution in [-0.4, -0.2) is 37.5 Å². The summed E-state index contributed by atoms with van der Waals surface area (Å²) in [6.07, 6.45) is 0.925. The first-order valence-electron chi connectivity index (χ1n) is 8.46. The minimum absolute atomic E-state index is 0. The van der Waals surface area contributed by atoms with Gasteiger partial charge < -0.3 is 15.5 Å². The number of rotatable bonds is 5. The molecule has 2 N–H and O–H groups in total. The average molecular weight is 444 g/mol. The smallest absolute Gasteiger partial charge is 0.248 e. The first-order valence-corrected chi connectivity index (χ1v) is 8.46. The van der Waals surface area contributed by atoms with Crippen LogP contribution in [-0.2, 0) is 11.2 Å². The molecule has 0 spiro atoms. The van der Waals surface area contributed by atoms with Crippen molar-refractivity contribution in [3.8, 4) is 0 Å². The molecule has 0 aliphatic carbocycles. The fraction of sp³-hybridized carbons (Fsp3) is 0.556. The number of guanidine groups is 1. The van der Waals surface area contributed by atoms with Gasteiger partial charge in [0.15, 0.2) is 5.96 Å². The standard InChI is InChI=1S/C18H28N4O.HI/c1-5-19-18(21-14(4)13(2)3)20-12-17(23)22-11-10-15-8-6-7-9-16(15)22;/h6-9,13-14H,5,10-12H2,1-4H3,(H2,19,20,21);1H. The monoisotopic (exact) mass is 444 g/mol. The van der Waals surface area contributed by atoms with E-state index in [1.54, 1.807) is 0 Å². The van der Waals surface area contributed by atoms with Gasteiger partial charge in [-0.25, -0.2) is 4.99 Å². The van der Waals surface area contributed by atoms with Gasteiger partial charge in [0.1, 0.15) is 6.54 Å². The molecule has 0 radical (unpaired) electrons. The molecule has 0 fully saturated rings. The summed E-state index contributed by atoms with van der Waals surface area (Å²) < 4.78 is 0. The Morgan fingerprint density at radius 1 is 1.29 bits per heavy atom. The molecule has 24 heavy (non-hydrogen) atoms. The van der Waals surface area contributed by atoms with Crippen LogP contribution in [0.1, 0.15) is 33.3 Å². The van der Waals surface area contributed by atoms with E-state index in [1.807, 2.05) is 30.0 Å². The van der Waals surface area contributed by atoms with E-state index in [9.17, 15) is 4.79 Å². The van der Waals surface area contributed by atoms with Gasteiger partial charge in [-0.15, -0.1) is 24.0 Å². The number of nitrogens with zero attached hydrogens (tertiary/aromatic N) is 2. The van der Waals surface area contributed by atoms with Crippen molar-refractivity contribution in [2.45, 2.75) is 40.2 Å². The lowest BCUT2D eigenvalue weighted by Crippen LogP contribution is -2.45. The third kappa shape index (κ3) is 5.36. The highest BCUT2D eigenvalue weighted by Gasteiger charge is 2.23. The number of halogens is 1. The molecular weight excluding hydrogens is 415 g/mol. The third-order valence-electron chi connectivity index (χ3n) is 4.27. The van der Waals surface area contributed by atoms with Crippen molar-refractivity contribution < 1.29 is 4.79 Å². The lowest BCUT2D eigenvalue weighted by molar-refractivity contribution is -0.117. The zero-order chi connectivity index (χ0) is 16.8. The van der Waals surface area contributed by atoms with Crippen molar-refractivity contribution >= 4 is 41.5 Å². The molecule has 5 nitrogen and oxygen atoms in total. The van der Waals surface area contributed by atoms with Crippen LogP contribution in [0.5, 0.6) is 0 Å². The van der Waals surface area contributed by atoms with Crippen molar-refractivity contribution in [1.82, 2.24) is 10.6 Å². The van der Waals surface area contributed by atoms with E-state index in [2.05, 4.69) is 42.5 Å². The van der Waals surface area contributed by atoms with Crippen molar-refractivity contribution in [1.29, 1.82) is 0 Å². The molecular formula is C18H29IN4O. The fourth-order valence-electron chi connectivity index (χ4n) is 2.53. The molecule has 1 amide bonds. The maximum atomic E-state index is 12.5. The number of hydrogen-bond donors (Lipinski definition) is 2. The summed E-state index contributed by atoms with van der Waals surface area (Å²) in [5.74, 6) is 1.25. The van der Waals surface area contributed by atoms with Crippen LogP contribution in [0.25, 0.3) is 0 Å². The van der Waals surface area contributed by atoms with E-state index >= 15 is 0 Å². The second-order valence-electron chi connectivity index (χ2n) is 6.30. The van der Waals surface area contributed by atoms with Gasteiger partial charge in [-0.3, -0.25) is 4.79 Å². The Kier molecular flexibility index (Phi) is 8.52. The number of anilines is 1. The molecule has 6 heteroatoms. The molecule has 1 unspecified atom stereocenters. The van der Waals surface area contributed by atoms with Gasteiger partial charge in [0.2, 0.25) is 5.91 Å². The second-order valence-corrected chi connectivity index (χ2v) is 6.30. The Balaban J connectivity index is 0.00000288. The van der Waals surface area contributed by atoms with Gasteiger partial charge in [0, 0.05) is 24.8 Å². The molecule has 2 rings (SSSR count).